The Hall–Kier alpha value is -3.87. The number of rotatable bonds is 9. The molecule has 1 fully saturated rings. The Morgan fingerprint density at radius 2 is 2.00 bits per heavy atom. The van der Waals surface area contributed by atoms with Gasteiger partial charge in [-0.15, -0.1) is 0 Å². The van der Waals surface area contributed by atoms with Gasteiger partial charge in [-0.25, -0.2) is 9.36 Å². The van der Waals surface area contributed by atoms with Crippen LogP contribution in [0.25, 0.3) is 10.9 Å². The number of benzene rings is 1. The molecule has 0 bridgehead atoms. The molecule has 1 aliphatic rings. The first kappa shape index (κ1) is 28.7. The zero-order valence-corrected chi connectivity index (χ0v) is 22.5. The van der Waals surface area contributed by atoms with Crippen molar-refractivity contribution in [3.05, 3.63) is 30.0 Å². The average Bonchev–Trinajstić information content (AvgIpc) is 3.41. The maximum atomic E-state index is 13.6. The fourth-order valence-electron chi connectivity index (χ4n) is 4.69. The number of nitrogens with zero attached hydrogens (tertiary/aromatic N) is 2. The van der Waals surface area contributed by atoms with Gasteiger partial charge in [0.2, 0.25) is 11.8 Å². The summed E-state index contributed by atoms with van der Waals surface area (Å²) in [4.78, 5) is 51.9. The third-order valence-electron chi connectivity index (χ3n) is 6.40. The number of aromatic nitrogens is 1. The fourth-order valence-corrected chi connectivity index (χ4v) is 4.69. The quantitative estimate of drug-likeness (QED) is 0.421. The van der Waals surface area contributed by atoms with E-state index in [4.69, 9.17) is 4.74 Å². The number of phenols is 1. The predicted octanol–water partition coefficient (Wildman–Crippen LogP) is 3.90. The van der Waals surface area contributed by atoms with Gasteiger partial charge in [-0.05, 0) is 64.2 Å². The molecule has 0 saturated carbocycles. The third kappa shape index (κ3) is 6.91. The van der Waals surface area contributed by atoms with Gasteiger partial charge in [-0.3, -0.25) is 14.4 Å². The SMILES string of the molecule is CC(C)C[C@H](CC(=O)c1cc2c(O)cccc2n1C(=O)OC(C)(C)C)C(=O)N[C@H](C#N)C[C@@H]1CCNC1=O. The van der Waals surface area contributed by atoms with Crippen LogP contribution >= 0.6 is 0 Å². The second-order valence-corrected chi connectivity index (χ2v) is 11.2. The van der Waals surface area contributed by atoms with E-state index in [0.717, 1.165) is 4.57 Å². The molecule has 0 spiro atoms. The number of amides is 2. The Labute approximate surface area is 222 Å². The van der Waals surface area contributed by atoms with Crippen molar-refractivity contribution in [1.29, 1.82) is 5.26 Å². The number of hydrogen-bond donors (Lipinski definition) is 3. The second-order valence-electron chi connectivity index (χ2n) is 11.2. The molecular weight excluding hydrogens is 488 g/mol. The van der Waals surface area contributed by atoms with Gasteiger partial charge in [-0.2, -0.15) is 5.26 Å². The maximum absolute atomic E-state index is 13.6. The first-order chi connectivity index (χ1) is 17.8. The topological polar surface area (TPSA) is 151 Å². The molecule has 10 heteroatoms. The highest BCUT2D eigenvalue weighted by Gasteiger charge is 2.32. The van der Waals surface area contributed by atoms with Crippen LogP contribution in [0.4, 0.5) is 4.79 Å². The van der Waals surface area contributed by atoms with Gasteiger partial charge in [0, 0.05) is 30.2 Å². The Morgan fingerprint density at radius 1 is 1.29 bits per heavy atom. The van der Waals surface area contributed by atoms with Crippen LogP contribution in [0.1, 0.15) is 70.8 Å². The molecule has 10 nitrogen and oxygen atoms in total. The number of ether oxygens (including phenoxy) is 1. The summed E-state index contributed by atoms with van der Waals surface area (Å²) >= 11 is 0. The Balaban J connectivity index is 1.88. The van der Waals surface area contributed by atoms with E-state index in [2.05, 4.69) is 16.7 Å². The zero-order valence-electron chi connectivity index (χ0n) is 22.5. The molecule has 2 heterocycles. The van der Waals surface area contributed by atoms with E-state index >= 15 is 0 Å². The summed E-state index contributed by atoms with van der Waals surface area (Å²) in [7, 11) is 0. The minimum Gasteiger partial charge on any atom is -0.507 e. The summed E-state index contributed by atoms with van der Waals surface area (Å²) in [5.74, 6) is -2.21. The highest BCUT2D eigenvalue weighted by Crippen LogP contribution is 2.30. The van der Waals surface area contributed by atoms with E-state index in [1.165, 1.54) is 12.1 Å². The summed E-state index contributed by atoms with van der Waals surface area (Å²) < 4.78 is 6.65. The lowest BCUT2D eigenvalue weighted by atomic mass is 9.90. The van der Waals surface area contributed by atoms with E-state index < -0.39 is 35.3 Å². The summed E-state index contributed by atoms with van der Waals surface area (Å²) in [5.41, 5.74) is -0.517. The first-order valence-electron chi connectivity index (χ1n) is 12.9. The number of nitriles is 1. The van der Waals surface area contributed by atoms with E-state index in [0.29, 0.717) is 30.3 Å². The third-order valence-corrected chi connectivity index (χ3v) is 6.40. The van der Waals surface area contributed by atoms with Crippen LogP contribution in [0, 0.1) is 29.1 Å². The fraction of sp³-hybridized carbons (Fsp3) is 0.536. The van der Waals surface area contributed by atoms with Gasteiger partial charge in [-0.1, -0.05) is 19.9 Å². The van der Waals surface area contributed by atoms with Crippen molar-refractivity contribution in [2.75, 3.05) is 6.54 Å². The molecule has 3 rings (SSSR count). The normalized spacial score (nSPS) is 17.1. The molecule has 1 aromatic carbocycles. The summed E-state index contributed by atoms with van der Waals surface area (Å²) in [6, 6.07) is 7.23. The molecular formula is C28H36N4O6. The zero-order chi connectivity index (χ0) is 28.2. The molecule has 0 radical (unpaired) electrons. The number of carbonyl (C=O) groups excluding carboxylic acids is 4. The molecule has 1 aliphatic heterocycles. The molecule has 2 aromatic rings. The monoisotopic (exact) mass is 524 g/mol. The Morgan fingerprint density at radius 3 is 2.58 bits per heavy atom. The highest BCUT2D eigenvalue weighted by molar-refractivity contribution is 6.07. The van der Waals surface area contributed by atoms with Gasteiger partial charge in [0.1, 0.15) is 17.4 Å². The van der Waals surface area contributed by atoms with E-state index in [1.54, 1.807) is 32.9 Å². The van der Waals surface area contributed by atoms with Gasteiger partial charge in [0.05, 0.1) is 17.3 Å². The van der Waals surface area contributed by atoms with Crippen LogP contribution in [0.5, 0.6) is 5.75 Å². The summed E-state index contributed by atoms with van der Waals surface area (Å²) in [5, 5.41) is 25.7. The van der Waals surface area contributed by atoms with E-state index in [-0.39, 0.29) is 42.0 Å². The van der Waals surface area contributed by atoms with Crippen LogP contribution in [0.3, 0.4) is 0 Å². The number of ketones is 1. The summed E-state index contributed by atoms with van der Waals surface area (Å²) in [6.45, 7) is 9.51. The molecule has 0 aliphatic carbocycles. The molecule has 0 unspecified atom stereocenters. The molecule has 1 aromatic heterocycles. The minimum absolute atomic E-state index is 0.00299. The number of Topliss-reactive ketones (excluding diaryl/α,β-unsaturated/α-hetero) is 1. The van der Waals surface area contributed by atoms with Crippen LogP contribution in [-0.4, -0.2) is 51.6 Å². The molecule has 204 valence electrons. The van der Waals surface area contributed by atoms with Crippen LogP contribution in [0.2, 0.25) is 0 Å². The lowest BCUT2D eigenvalue weighted by Gasteiger charge is -2.22. The predicted molar refractivity (Wildman–Crippen MR) is 140 cm³/mol. The number of fused-ring (bicyclic) bond motifs is 1. The molecule has 2 amide bonds. The van der Waals surface area contributed by atoms with Crippen LogP contribution in [0.15, 0.2) is 24.3 Å². The van der Waals surface area contributed by atoms with Crippen molar-refractivity contribution < 1.29 is 29.0 Å². The number of carbonyl (C=O) groups is 4. The smallest absolute Gasteiger partial charge is 0.419 e. The van der Waals surface area contributed by atoms with Crippen LogP contribution < -0.4 is 10.6 Å². The van der Waals surface area contributed by atoms with Gasteiger partial charge < -0.3 is 20.5 Å². The Bertz CT molecular complexity index is 1270. The lowest BCUT2D eigenvalue weighted by molar-refractivity contribution is -0.127. The number of hydrogen-bond acceptors (Lipinski definition) is 7. The van der Waals surface area contributed by atoms with E-state index in [9.17, 15) is 29.5 Å². The summed E-state index contributed by atoms with van der Waals surface area (Å²) in [6.07, 6.45) is 0.181. The van der Waals surface area contributed by atoms with Gasteiger partial charge in [0.15, 0.2) is 5.78 Å². The maximum Gasteiger partial charge on any atom is 0.419 e. The number of phenolic OH excluding ortho intramolecular Hbond substituents is 1. The second kappa shape index (κ2) is 11.7. The molecule has 1 saturated heterocycles. The molecule has 38 heavy (non-hydrogen) atoms. The number of nitrogens with one attached hydrogen (secondary N) is 2. The van der Waals surface area contributed by atoms with Crippen molar-refractivity contribution in [2.24, 2.45) is 17.8 Å². The standard InChI is InChI=1S/C28H36N4O6/c1-16(2)11-18(26(36)31-19(15-29)12-17-9-10-30-25(17)35)13-24(34)22-14-20-21(7-6-8-23(20)33)32(22)27(37)38-28(3,4)5/h6-8,14,16-19,33H,9-13H2,1-5H3,(H,30,35)(H,31,36)/t17-,18+,19-/m0/s1. The lowest BCUT2D eigenvalue weighted by Crippen LogP contribution is -2.41. The highest BCUT2D eigenvalue weighted by atomic mass is 16.6. The van der Waals surface area contributed by atoms with Crippen molar-refractivity contribution in [2.45, 2.75) is 71.9 Å². The van der Waals surface area contributed by atoms with Gasteiger partial charge >= 0.3 is 6.09 Å². The van der Waals surface area contributed by atoms with Crippen LogP contribution in [-0.2, 0) is 14.3 Å². The average molecular weight is 525 g/mol. The van der Waals surface area contributed by atoms with Crippen molar-refractivity contribution in [3.63, 3.8) is 0 Å². The van der Waals surface area contributed by atoms with Crippen molar-refractivity contribution in [3.8, 4) is 11.8 Å². The first-order valence-corrected chi connectivity index (χ1v) is 12.9. The van der Waals surface area contributed by atoms with Crippen molar-refractivity contribution >= 4 is 34.6 Å². The molecule has 3 atom stereocenters. The number of aromatic hydroxyl groups is 1. The van der Waals surface area contributed by atoms with Crippen molar-refractivity contribution in [1.82, 2.24) is 15.2 Å². The molecule has 3 N–H and O–H groups in total. The minimum atomic E-state index is -0.869. The van der Waals surface area contributed by atoms with Gasteiger partial charge in [0.25, 0.3) is 0 Å². The Kier molecular flexibility index (Phi) is 8.82. The largest absolute Gasteiger partial charge is 0.507 e. The van der Waals surface area contributed by atoms with E-state index in [1.807, 2.05) is 13.8 Å².